The molecule has 192 valence electrons. The van der Waals surface area contributed by atoms with Crippen LogP contribution in [-0.4, -0.2) is 117 Å². The Balaban J connectivity index is 1.76. The number of benzene rings is 1. The fourth-order valence-corrected chi connectivity index (χ4v) is 3.76. The van der Waals surface area contributed by atoms with Gasteiger partial charge in [-0.3, -0.25) is 4.79 Å². The topological polar surface area (TPSA) is 205 Å². The Hall–Kier alpha value is -2.07. The number of ketones is 1. The molecule has 0 spiro atoms. The zero-order chi connectivity index (χ0) is 25.3. The molecule has 0 saturated carbocycles. The monoisotopic (exact) mass is 490 g/mol. The van der Waals surface area contributed by atoms with E-state index in [4.69, 9.17) is 23.7 Å². The summed E-state index contributed by atoms with van der Waals surface area (Å²) in [5.74, 6) is -1.06. The number of Topliss-reactive ketones (excluding diaryl/α,β-unsaturated/α-hetero) is 1. The molecule has 10 atom stereocenters. The van der Waals surface area contributed by atoms with Crippen molar-refractivity contribution in [2.24, 2.45) is 0 Å². The Morgan fingerprint density at radius 3 is 2.15 bits per heavy atom. The molecule has 0 aromatic heterocycles. The first-order valence-corrected chi connectivity index (χ1v) is 10.6. The van der Waals surface area contributed by atoms with Crippen LogP contribution in [0.4, 0.5) is 0 Å². The van der Waals surface area contributed by atoms with E-state index in [-0.39, 0.29) is 17.1 Å². The lowest BCUT2D eigenvalue weighted by Gasteiger charge is -2.42. The maximum Gasteiger partial charge on any atom is 0.229 e. The molecule has 2 fully saturated rings. The van der Waals surface area contributed by atoms with Crippen molar-refractivity contribution in [2.75, 3.05) is 13.7 Å². The summed E-state index contributed by atoms with van der Waals surface area (Å²) in [4.78, 5) is 12.0. The van der Waals surface area contributed by atoms with Crippen LogP contribution in [0.15, 0.2) is 12.1 Å². The van der Waals surface area contributed by atoms with Gasteiger partial charge in [0, 0.05) is 12.1 Å². The summed E-state index contributed by atoms with van der Waals surface area (Å²) in [5, 5.41) is 70.9. The minimum atomic E-state index is -1.76. The number of rotatable bonds is 7. The Morgan fingerprint density at radius 2 is 1.53 bits per heavy atom. The van der Waals surface area contributed by atoms with Crippen LogP contribution in [0, 0.1) is 0 Å². The zero-order valence-electron chi connectivity index (χ0n) is 18.7. The molecule has 0 unspecified atom stereocenters. The highest BCUT2D eigenvalue weighted by atomic mass is 16.7. The summed E-state index contributed by atoms with van der Waals surface area (Å²) in [7, 11) is 1.32. The number of phenols is 1. The number of hydrogen-bond acceptors (Lipinski definition) is 13. The fraction of sp³-hybridized carbons (Fsp3) is 0.667. The predicted octanol–water partition coefficient (Wildman–Crippen LogP) is -2.37. The Labute approximate surface area is 194 Å². The van der Waals surface area contributed by atoms with E-state index in [1.54, 1.807) is 0 Å². The minimum absolute atomic E-state index is 0.140. The van der Waals surface area contributed by atoms with Crippen molar-refractivity contribution in [3.63, 3.8) is 0 Å². The van der Waals surface area contributed by atoms with Crippen molar-refractivity contribution < 1.29 is 64.2 Å². The van der Waals surface area contributed by atoms with Gasteiger partial charge in [-0.2, -0.15) is 0 Å². The van der Waals surface area contributed by atoms with Crippen molar-refractivity contribution in [2.45, 2.75) is 75.3 Å². The maximum absolute atomic E-state index is 12.0. The van der Waals surface area contributed by atoms with E-state index in [9.17, 15) is 40.5 Å². The van der Waals surface area contributed by atoms with Gasteiger partial charge in [0.1, 0.15) is 65.5 Å². The van der Waals surface area contributed by atoms with Crippen molar-refractivity contribution in [3.05, 3.63) is 17.7 Å². The molecule has 2 aliphatic heterocycles. The molecular formula is C21H30O13. The molecule has 2 saturated heterocycles. The van der Waals surface area contributed by atoms with Gasteiger partial charge in [-0.05, 0) is 13.8 Å². The summed E-state index contributed by atoms with van der Waals surface area (Å²) in [6, 6.07) is 2.47. The van der Waals surface area contributed by atoms with E-state index in [0.717, 1.165) is 0 Å². The Kier molecular flexibility index (Phi) is 8.34. The van der Waals surface area contributed by atoms with Gasteiger partial charge in [0.25, 0.3) is 0 Å². The van der Waals surface area contributed by atoms with Gasteiger partial charge in [-0.25, -0.2) is 0 Å². The molecular weight excluding hydrogens is 460 g/mol. The lowest BCUT2D eigenvalue weighted by atomic mass is 9.98. The first kappa shape index (κ1) is 26.5. The van der Waals surface area contributed by atoms with Crippen LogP contribution in [0.5, 0.6) is 17.2 Å². The first-order chi connectivity index (χ1) is 16.0. The van der Waals surface area contributed by atoms with E-state index >= 15 is 0 Å². The molecule has 13 nitrogen and oxygen atoms in total. The second kappa shape index (κ2) is 10.7. The van der Waals surface area contributed by atoms with Gasteiger partial charge in [0.05, 0.1) is 19.8 Å². The van der Waals surface area contributed by atoms with E-state index in [0.29, 0.717) is 0 Å². The number of carbonyl (C=O) groups is 1. The van der Waals surface area contributed by atoms with Crippen molar-refractivity contribution in [1.82, 2.24) is 0 Å². The number of hydrogen-bond donors (Lipinski definition) is 7. The smallest absolute Gasteiger partial charge is 0.229 e. The summed E-state index contributed by atoms with van der Waals surface area (Å²) in [6.07, 6.45) is -14.8. The summed E-state index contributed by atoms with van der Waals surface area (Å²) in [5.41, 5.74) is -0.217. The third kappa shape index (κ3) is 5.27. The van der Waals surface area contributed by atoms with Crippen LogP contribution in [0.2, 0.25) is 0 Å². The van der Waals surface area contributed by atoms with Gasteiger partial charge in [-0.15, -0.1) is 0 Å². The first-order valence-electron chi connectivity index (χ1n) is 10.6. The number of methoxy groups -OCH3 is 1. The van der Waals surface area contributed by atoms with Crippen molar-refractivity contribution in [1.29, 1.82) is 0 Å². The van der Waals surface area contributed by atoms with Gasteiger partial charge in [0.15, 0.2) is 12.1 Å². The minimum Gasteiger partial charge on any atom is -0.507 e. The van der Waals surface area contributed by atoms with Crippen LogP contribution >= 0.6 is 0 Å². The quantitative estimate of drug-likeness (QED) is 0.200. The SMILES string of the molecule is COc1cc(O)c(C(C)=O)c(O[C@@H]2O[C@H](CO[C@@H]3O[C@@H](C)[C@H](O)[C@@H](O)[C@H]3O)[C@@H](O)[C@H](O)[C@H]2O)c1. The van der Waals surface area contributed by atoms with Crippen LogP contribution in [0.25, 0.3) is 0 Å². The number of aliphatic hydroxyl groups excluding tert-OH is 6. The Morgan fingerprint density at radius 1 is 0.912 bits per heavy atom. The predicted molar refractivity (Wildman–Crippen MR) is 110 cm³/mol. The highest BCUT2D eigenvalue weighted by molar-refractivity contribution is 5.99. The normalized spacial score (nSPS) is 38.4. The molecule has 1 aromatic carbocycles. The second-order valence-electron chi connectivity index (χ2n) is 8.22. The van der Waals surface area contributed by atoms with E-state index in [2.05, 4.69) is 0 Å². The second-order valence-corrected chi connectivity index (χ2v) is 8.22. The van der Waals surface area contributed by atoms with Crippen LogP contribution in [-0.2, 0) is 14.2 Å². The third-order valence-corrected chi connectivity index (χ3v) is 5.79. The van der Waals surface area contributed by atoms with Crippen LogP contribution < -0.4 is 9.47 Å². The van der Waals surface area contributed by atoms with E-state index in [1.165, 1.54) is 33.1 Å². The fourth-order valence-electron chi connectivity index (χ4n) is 3.76. The average Bonchev–Trinajstić information content (AvgIpc) is 2.79. The van der Waals surface area contributed by atoms with Crippen LogP contribution in [0.3, 0.4) is 0 Å². The van der Waals surface area contributed by atoms with Gasteiger partial charge in [0.2, 0.25) is 6.29 Å². The number of carbonyl (C=O) groups excluding carboxylic acids is 1. The van der Waals surface area contributed by atoms with Crippen molar-refractivity contribution in [3.8, 4) is 17.2 Å². The third-order valence-electron chi connectivity index (χ3n) is 5.79. The number of phenolic OH excluding ortho intramolecular Hbond substituents is 1. The molecule has 0 bridgehead atoms. The van der Waals surface area contributed by atoms with Gasteiger partial charge < -0.3 is 59.4 Å². The molecule has 0 amide bonds. The van der Waals surface area contributed by atoms with Crippen LogP contribution in [0.1, 0.15) is 24.2 Å². The van der Waals surface area contributed by atoms with Gasteiger partial charge in [-0.1, -0.05) is 0 Å². The van der Waals surface area contributed by atoms with Gasteiger partial charge >= 0.3 is 0 Å². The van der Waals surface area contributed by atoms with Crippen molar-refractivity contribution >= 4 is 5.78 Å². The largest absolute Gasteiger partial charge is 0.507 e. The zero-order valence-corrected chi connectivity index (χ0v) is 18.7. The lowest BCUT2D eigenvalue weighted by Crippen LogP contribution is -2.61. The summed E-state index contributed by atoms with van der Waals surface area (Å²) >= 11 is 0. The molecule has 34 heavy (non-hydrogen) atoms. The van der Waals surface area contributed by atoms with E-state index < -0.39 is 79.6 Å². The number of aromatic hydroxyl groups is 1. The highest BCUT2D eigenvalue weighted by Crippen LogP contribution is 2.36. The number of aliphatic hydroxyl groups is 6. The molecule has 0 radical (unpaired) electrons. The molecule has 2 heterocycles. The molecule has 0 aliphatic carbocycles. The summed E-state index contributed by atoms with van der Waals surface area (Å²) in [6.45, 7) is 2.16. The summed E-state index contributed by atoms with van der Waals surface area (Å²) < 4.78 is 26.9. The molecule has 7 N–H and O–H groups in total. The van der Waals surface area contributed by atoms with E-state index in [1.807, 2.05) is 0 Å². The number of ether oxygens (including phenoxy) is 5. The standard InChI is InChI=1S/C21H30O13/c1-7(22)13-10(23)4-9(30-3)5-11(13)33-21-19(29)17(27)15(25)12(34-21)6-31-20-18(28)16(26)14(24)8(2)32-20/h4-5,8,12,14-21,23-29H,6H2,1-3H3/t8-,12+,14-,15+,16+,17-,18+,19+,20+,21+/m0/s1. The maximum atomic E-state index is 12.0. The Bertz CT molecular complexity index is 863. The lowest BCUT2D eigenvalue weighted by molar-refractivity contribution is -0.318. The molecule has 13 heteroatoms. The highest BCUT2D eigenvalue weighted by Gasteiger charge is 2.47. The molecule has 2 aliphatic rings. The molecule has 3 rings (SSSR count). The molecule has 1 aromatic rings. The average molecular weight is 490 g/mol.